The Kier molecular flexibility index (Phi) is 4.40. The Morgan fingerprint density at radius 1 is 1.00 bits per heavy atom. The molecule has 0 aliphatic rings. The van der Waals surface area contributed by atoms with Crippen LogP contribution in [0.4, 0.5) is 10.1 Å². The van der Waals surface area contributed by atoms with Crippen molar-refractivity contribution in [2.24, 2.45) is 0 Å². The molecule has 0 aliphatic carbocycles. The zero-order valence-electron chi connectivity index (χ0n) is 12.0. The van der Waals surface area contributed by atoms with Crippen LogP contribution in [0.2, 0.25) is 0 Å². The second-order valence-electron chi connectivity index (χ2n) is 5.08. The van der Waals surface area contributed by atoms with Crippen LogP contribution in [0.3, 0.4) is 0 Å². The molecule has 2 rings (SSSR count). The first-order valence-corrected chi connectivity index (χ1v) is 6.76. The lowest BCUT2D eigenvalue weighted by Crippen LogP contribution is -2.22. The fourth-order valence-electron chi connectivity index (χ4n) is 2.23. The van der Waals surface area contributed by atoms with E-state index in [1.807, 2.05) is 49.2 Å². The topological polar surface area (TPSA) is 23.5 Å². The van der Waals surface area contributed by atoms with Crippen molar-refractivity contribution in [3.63, 3.8) is 0 Å². The molecule has 0 bridgehead atoms. The second-order valence-corrected chi connectivity index (χ2v) is 5.08. The van der Waals surface area contributed by atoms with Gasteiger partial charge in [-0.2, -0.15) is 0 Å². The largest absolute Gasteiger partial charge is 0.389 e. The minimum absolute atomic E-state index is 0.0615. The summed E-state index contributed by atoms with van der Waals surface area (Å²) >= 11 is 0. The van der Waals surface area contributed by atoms with Crippen LogP contribution >= 0.6 is 0 Å². The maximum Gasteiger partial charge on any atom is 0.128 e. The molecule has 2 nitrogen and oxygen atoms in total. The summed E-state index contributed by atoms with van der Waals surface area (Å²) in [4.78, 5) is 2.02. The summed E-state index contributed by atoms with van der Waals surface area (Å²) in [6.07, 6.45) is -0.474. The molecular weight excluding hydrogens is 253 g/mol. The Hall–Kier alpha value is -1.87. The van der Waals surface area contributed by atoms with Crippen molar-refractivity contribution in [2.75, 3.05) is 11.9 Å². The van der Waals surface area contributed by atoms with E-state index in [1.165, 1.54) is 6.07 Å². The molecule has 0 saturated carbocycles. The number of nitrogens with zero attached hydrogens (tertiary/aromatic N) is 1. The van der Waals surface area contributed by atoms with Crippen molar-refractivity contribution < 1.29 is 9.50 Å². The minimum atomic E-state index is -0.474. The Bertz CT molecular complexity index is 565. The lowest BCUT2D eigenvalue weighted by atomic mass is 10.1. The van der Waals surface area contributed by atoms with Gasteiger partial charge in [0.1, 0.15) is 5.82 Å². The number of anilines is 1. The molecule has 0 aliphatic heterocycles. The molecule has 0 heterocycles. The molecule has 106 valence electrons. The predicted molar refractivity (Wildman–Crippen MR) is 80.3 cm³/mol. The summed E-state index contributed by atoms with van der Waals surface area (Å²) in [7, 11) is 1.94. The van der Waals surface area contributed by atoms with Crippen molar-refractivity contribution >= 4 is 5.69 Å². The van der Waals surface area contributed by atoms with Gasteiger partial charge in [-0.15, -0.1) is 0 Å². The summed E-state index contributed by atoms with van der Waals surface area (Å²) in [5.41, 5.74) is 2.54. The molecule has 0 aromatic heterocycles. The van der Waals surface area contributed by atoms with Gasteiger partial charge in [0, 0.05) is 18.3 Å². The summed E-state index contributed by atoms with van der Waals surface area (Å²) in [5, 5.41) is 9.51. The zero-order chi connectivity index (χ0) is 14.7. The van der Waals surface area contributed by atoms with Crippen molar-refractivity contribution in [1.82, 2.24) is 0 Å². The molecule has 20 heavy (non-hydrogen) atoms. The van der Waals surface area contributed by atoms with Gasteiger partial charge in [0.2, 0.25) is 0 Å². The highest BCUT2D eigenvalue weighted by atomic mass is 19.1. The summed E-state index contributed by atoms with van der Waals surface area (Å²) in [6.45, 7) is 3.71. The monoisotopic (exact) mass is 273 g/mol. The Balaban J connectivity index is 2.22. The molecule has 0 spiro atoms. The van der Waals surface area contributed by atoms with Crippen LogP contribution in [-0.4, -0.2) is 12.2 Å². The first-order valence-electron chi connectivity index (χ1n) is 6.76. The average Bonchev–Trinajstić information content (AvgIpc) is 2.46. The van der Waals surface area contributed by atoms with E-state index < -0.39 is 6.10 Å². The van der Waals surface area contributed by atoms with E-state index in [0.29, 0.717) is 5.56 Å². The van der Waals surface area contributed by atoms with E-state index in [1.54, 1.807) is 19.1 Å². The third kappa shape index (κ3) is 2.99. The number of benzene rings is 2. The number of aliphatic hydroxyl groups is 1. The van der Waals surface area contributed by atoms with Gasteiger partial charge in [-0.3, -0.25) is 0 Å². The number of halogens is 1. The number of hydrogen-bond donors (Lipinski definition) is 1. The van der Waals surface area contributed by atoms with Crippen molar-refractivity contribution in [1.29, 1.82) is 0 Å². The first kappa shape index (κ1) is 14.5. The Morgan fingerprint density at radius 3 is 2.15 bits per heavy atom. The lowest BCUT2D eigenvalue weighted by Gasteiger charge is -2.28. The predicted octanol–water partition coefficient (Wildman–Crippen LogP) is 4.08. The standard InChI is InChI=1S/C17H20FNO/c1-12(16-6-4-5-7-17(16)18)19(3)15-10-8-14(9-11-15)13(2)20/h4-13,20H,1-3H3. The third-order valence-corrected chi connectivity index (χ3v) is 3.72. The van der Waals surface area contributed by atoms with Gasteiger partial charge in [-0.1, -0.05) is 30.3 Å². The van der Waals surface area contributed by atoms with Gasteiger partial charge < -0.3 is 10.0 Å². The molecule has 2 atom stereocenters. The average molecular weight is 273 g/mol. The fraction of sp³-hybridized carbons (Fsp3) is 0.294. The van der Waals surface area contributed by atoms with E-state index in [4.69, 9.17) is 0 Å². The van der Waals surface area contributed by atoms with E-state index >= 15 is 0 Å². The maximum atomic E-state index is 13.8. The number of rotatable bonds is 4. The molecule has 0 fully saturated rings. The van der Waals surface area contributed by atoms with Gasteiger partial charge in [-0.05, 0) is 37.6 Å². The molecule has 2 aromatic carbocycles. The van der Waals surface area contributed by atoms with Crippen LogP contribution in [0.1, 0.15) is 37.1 Å². The molecule has 0 radical (unpaired) electrons. The van der Waals surface area contributed by atoms with Crippen LogP contribution < -0.4 is 4.90 Å². The van der Waals surface area contributed by atoms with Crippen LogP contribution in [0, 0.1) is 5.82 Å². The highest BCUT2D eigenvalue weighted by Gasteiger charge is 2.15. The highest BCUT2D eigenvalue weighted by molar-refractivity contribution is 5.49. The van der Waals surface area contributed by atoms with Gasteiger partial charge >= 0.3 is 0 Å². The first-order chi connectivity index (χ1) is 9.50. The van der Waals surface area contributed by atoms with E-state index in [0.717, 1.165) is 11.3 Å². The number of hydrogen-bond acceptors (Lipinski definition) is 2. The molecule has 1 N–H and O–H groups in total. The van der Waals surface area contributed by atoms with Gasteiger partial charge in [0.15, 0.2) is 0 Å². The van der Waals surface area contributed by atoms with Gasteiger partial charge in [-0.25, -0.2) is 4.39 Å². The summed E-state index contributed by atoms with van der Waals surface area (Å²) < 4.78 is 13.8. The molecule has 2 aromatic rings. The smallest absolute Gasteiger partial charge is 0.128 e. The SMILES string of the molecule is CC(O)c1ccc(N(C)C(C)c2ccccc2F)cc1. The van der Waals surface area contributed by atoms with Gasteiger partial charge in [0.05, 0.1) is 12.1 Å². The quantitative estimate of drug-likeness (QED) is 0.907. The molecule has 3 heteroatoms. The van der Waals surface area contributed by atoms with Crippen molar-refractivity contribution in [3.8, 4) is 0 Å². The van der Waals surface area contributed by atoms with Crippen LogP contribution in [0.5, 0.6) is 0 Å². The second kappa shape index (κ2) is 6.06. The van der Waals surface area contributed by atoms with Crippen LogP contribution in [0.15, 0.2) is 48.5 Å². The van der Waals surface area contributed by atoms with Crippen molar-refractivity contribution in [3.05, 3.63) is 65.5 Å². The lowest BCUT2D eigenvalue weighted by molar-refractivity contribution is 0.199. The summed E-state index contributed by atoms with van der Waals surface area (Å²) in [5.74, 6) is -0.188. The van der Waals surface area contributed by atoms with Crippen molar-refractivity contribution in [2.45, 2.75) is 26.0 Å². The maximum absolute atomic E-state index is 13.8. The minimum Gasteiger partial charge on any atom is -0.389 e. The summed E-state index contributed by atoms with van der Waals surface area (Å²) in [6, 6.07) is 14.4. The molecule has 2 unspecified atom stereocenters. The van der Waals surface area contributed by atoms with Gasteiger partial charge in [0.25, 0.3) is 0 Å². The number of aliphatic hydroxyl groups excluding tert-OH is 1. The van der Waals surface area contributed by atoms with E-state index in [-0.39, 0.29) is 11.9 Å². The molecular formula is C17H20FNO. The normalized spacial score (nSPS) is 13.8. The van der Waals surface area contributed by atoms with E-state index in [9.17, 15) is 9.50 Å². The molecule has 0 amide bonds. The van der Waals surface area contributed by atoms with Crippen LogP contribution in [0.25, 0.3) is 0 Å². The van der Waals surface area contributed by atoms with Crippen LogP contribution in [-0.2, 0) is 0 Å². The fourth-order valence-corrected chi connectivity index (χ4v) is 2.23. The third-order valence-electron chi connectivity index (χ3n) is 3.72. The molecule has 0 saturated heterocycles. The van der Waals surface area contributed by atoms with E-state index in [2.05, 4.69) is 0 Å². The highest BCUT2D eigenvalue weighted by Crippen LogP contribution is 2.27. The Morgan fingerprint density at radius 2 is 1.60 bits per heavy atom. The zero-order valence-corrected chi connectivity index (χ0v) is 12.0. The Labute approximate surface area is 119 Å².